The van der Waals surface area contributed by atoms with Gasteiger partial charge in [-0.3, -0.25) is 4.79 Å². The van der Waals surface area contributed by atoms with Gasteiger partial charge in [0.1, 0.15) is 12.4 Å². The third kappa shape index (κ3) is 4.27. The molecular weight excluding hydrogens is 310 g/mol. The van der Waals surface area contributed by atoms with Crippen LogP contribution in [0.4, 0.5) is 0 Å². The minimum atomic E-state index is 0.00368. The zero-order valence-corrected chi connectivity index (χ0v) is 14.5. The van der Waals surface area contributed by atoms with Crippen molar-refractivity contribution in [1.82, 2.24) is 4.90 Å². The number of benzene rings is 3. The van der Waals surface area contributed by atoms with Gasteiger partial charge in [0.15, 0.2) is 0 Å². The van der Waals surface area contributed by atoms with Crippen molar-refractivity contribution < 1.29 is 9.53 Å². The molecule has 0 aromatic heterocycles. The minimum Gasteiger partial charge on any atom is -0.489 e. The van der Waals surface area contributed by atoms with Crippen LogP contribution in [0.15, 0.2) is 78.9 Å². The van der Waals surface area contributed by atoms with Crippen LogP contribution < -0.4 is 4.74 Å². The molecule has 3 rings (SSSR count). The van der Waals surface area contributed by atoms with E-state index in [1.54, 1.807) is 19.0 Å². The Morgan fingerprint density at radius 2 is 1.40 bits per heavy atom. The lowest BCUT2D eigenvalue weighted by molar-refractivity contribution is 0.0827. The number of rotatable bonds is 5. The predicted octanol–water partition coefficient (Wildman–Crippen LogP) is 4.63. The van der Waals surface area contributed by atoms with Gasteiger partial charge in [0.05, 0.1) is 0 Å². The maximum atomic E-state index is 11.9. The molecular formula is C22H21NO2. The molecule has 126 valence electrons. The molecule has 0 radical (unpaired) electrons. The first-order valence-corrected chi connectivity index (χ1v) is 8.22. The molecule has 0 bridgehead atoms. The van der Waals surface area contributed by atoms with Gasteiger partial charge in [0.2, 0.25) is 0 Å². The Morgan fingerprint density at radius 3 is 2.00 bits per heavy atom. The second-order valence-electron chi connectivity index (χ2n) is 6.08. The first kappa shape index (κ1) is 16.8. The van der Waals surface area contributed by atoms with E-state index < -0.39 is 0 Å². The van der Waals surface area contributed by atoms with Crippen molar-refractivity contribution in [3.63, 3.8) is 0 Å². The van der Waals surface area contributed by atoms with Gasteiger partial charge in [-0.2, -0.15) is 0 Å². The highest BCUT2D eigenvalue weighted by Gasteiger charge is 2.07. The highest BCUT2D eigenvalue weighted by atomic mass is 16.5. The maximum Gasteiger partial charge on any atom is 0.253 e. The molecule has 0 saturated heterocycles. The number of carbonyl (C=O) groups excluding carboxylic acids is 1. The Labute approximate surface area is 148 Å². The molecule has 3 aromatic carbocycles. The van der Waals surface area contributed by atoms with Gasteiger partial charge in [-0.1, -0.05) is 54.6 Å². The fourth-order valence-electron chi connectivity index (χ4n) is 2.54. The van der Waals surface area contributed by atoms with Gasteiger partial charge in [-0.05, 0) is 41.0 Å². The Hall–Kier alpha value is -3.07. The lowest BCUT2D eigenvalue weighted by Crippen LogP contribution is -2.21. The van der Waals surface area contributed by atoms with Crippen molar-refractivity contribution in [3.8, 4) is 16.9 Å². The standard InChI is InChI=1S/C22H21NO2/c1-23(2)22(24)20-10-8-17(9-11-20)16-25-21-14-12-19(13-15-21)18-6-4-3-5-7-18/h3-15H,16H2,1-2H3. The van der Waals surface area contributed by atoms with Gasteiger partial charge in [-0.25, -0.2) is 0 Å². The van der Waals surface area contributed by atoms with Crippen molar-refractivity contribution in [2.75, 3.05) is 14.1 Å². The molecule has 0 N–H and O–H groups in total. The molecule has 25 heavy (non-hydrogen) atoms. The summed E-state index contributed by atoms with van der Waals surface area (Å²) >= 11 is 0. The van der Waals surface area contributed by atoms with Gasteiger partial charge in [0, 0.05) is 19.7 Å². The van der Waals surface area contributed by atoms with E-state index in [0.717, 1.165) is 11.3 Å². The zero-order chi connectivity index (χ0) is 17.6. The van der Waals surface area contributed by atoms with Crippen LogP contribution in [-0.2, 0) is 6.61 Å². The van der Waals surface area contributed by atoms with Crippen LogP contribution in [0.2, 0.25) is 0 Å². The summed E-state index contributed by atoms with van der Waals surface area (Å²) in [6.07, 6.45) is 0. The molecule has 1 amide bonds. The van der Waals surface area contributed by atoms with E-state index in [2.05, 4.69) is 24.3 Å². The molecule has 0 aliphatic rings. The Balaban J connectivity index is 1.61. The number of nitrogens with zero attached hydrogens (tertiary/aromatic N) is 1. The first-order valence-electron chi connectivity index (χ1n) is 8.22. The summed E-state index contributed by atoms with van der Waals surface area (Å²) in [5.41, 5.74) is 4.07. The lowest BCUT2D eigenvalue weighted by Gasteiger charge is -2.11. The van der Waals surface area contributed by atoms with Crippen molar-refractivity contribution in [1.29, 1.82) is 0 Å². The van der Waals surface area contributed by atoms with E-state index in [9.17, 15) is 4.79 Å². The normalized spacial score (nSPS) is 10.3. The largest absolute Gasteiger partial charge is 0.489 e. The molecule has 0 aliphatic carbocycles. The second-order valence-corrected chi connectivity index (χ2v) is 6.08. The van der Waals surface area contributed by atoms with Gasteiger partial charge in [-0.15, -0.1) is 0 Å². The van der Waals surface area contributed by atoms with Crippen LogP contribution in [-0.4, -0.2) is 24.9 Å². The SMILES string of the molecule is CN(C)C(=O)c1ccc(COc2ccc(-c3ccccc3)cc2)cc1. The number of carbonyl (C=O) groups is 1. The van der Waals surface area contributed by atoms with E-state index >= 15 is 0 Å². The van der Waals surface area contributed by atoms with Crippen LogP contribution >= 0.6 is 0 Å². The molecule has 0 atom stereocenters. The van der Waals surface area contributed by atoms with E-state index in [0.29, 0.717) is 12.2 Å². The van der Waals surface area contributed by atoms with Crippen LogP contribution in [0, 0.1) is 0 Å². The molecule has 0 unspecified atom stereocenters. The van der Waals surface area contributed by atoms with E-state index in [1.165, 1.54) is 11.1 Å². The van der Waals surface area contributed by atoms with Gasteiger partial charge < -0.3 is 9.64 Å². The Bertz CT molecular complexity index is 822. The van der Waals surface area contributed by atoms with Gasteiger partial charge in [0.25, 0.3) is 5.91 Å². The number of hydrogen-bond acceptors (Lipinski definition) is 2. The fourth-order valence-corrected chi connectivity index (χ4v) is 2.54. The van der Waals surface area contributed by atoms with Crippen molar-refractivity contribution in [2.24, 2.45) is 0 Å². The molecule has 0 spiro atoms. The summed E-state index contributed by atoms with van der Waals surface area (Å²) in [7, 11) is 3.50. The quantitative estimate of drug-likeness (QED) is 0.682. The summed E-state index contributed by atoms with van der Waals surface area (Å²) in [6.45, 7) is 0.473. The smallest absolute Gasteiger partial charge is 0.253 e. The van der Waals surface area contributed by atoms with Crippen LogP contribution in [0.5, 0.6) is 5.75 Å². The average molecular weight is 331 g/mol. The Morgan fingerprint density at radius 1 is 0.800 bits per heavy atom. The van der Waals surface area contributed by atoms with E-state index in [-0.39, 0.29) is 5.91 Å². The third-order valence-electron chi connectivity index (χ3n) is 3.97. The Kier molecular flexibility index (Phi) is 5.14. The molecule has 0 fully saturated rings. The molecule has 0 saturated carbocycles. The van der Waals surface area contributed by atoms with Crippen molar-refractivity contribution in [2.45, 2.75) is 6.61 Å². The number of ether oxygens (including phenoxy) is 1. The molecule has 3 nitrogen and oxygen atoms in total. The summed E-state index contributed by atoms with van der Waals surface area (Å²) in [4.78, 5) is 13.4. The summed E-state index contributed by atoms with van der Waals surface area (Å²) in [5, 5.41) is 0. The molecule has 0 aliphatic heterocycles. The molecule has 3 aromatic rings. The van der Waals surface area contributed by atoms with Crippen molar-refractivity contribution in [3.05, 3.63) is 90.0 Å². The summed E-state index contributed by atoms with van der Waals surface area (Å²) in [5.74, 6) is 0.831. The molecule has 0 heterocycles. The van der Waals surface area contributed by atoms with Crippen LogP contribution in [0.1, 0.15) is 15.9 Å². The highest BCUT2D eigenvalue weighted by molar-refractivity contribution is 5.93. The van der Waals surface area contributed by atoms with E-state index in [4.69, 9.17) is 4.74 Å². The third-order valence-corrected chi connectivity index (χ3v) is 3.97. The lowest BCUT2D eigenvalue weighted by atomic mass is 10.1. The van der Waals surface area contributed by atoms with Crippen LogP contribution in [0.25, 0.3) is 11.1 Å². The second kappa shape index (κ2) is 7.67. The van der Waals surface area contributed by atoms with Crippen LogP contribution in [0.3, 0.4) is 0 Å². The number of amides is 1. The predicted molar refractivity (Wildman–Crippen MR) is 101 cm³/mol. The topological polar surface area (TPSA) is 29.5 Å². The number of hydrogen-bond donors (Lipinski definition) is 0. The average Bonchev–Trinajstić information content (AvgIpc) is 2.67. The van der Waals surface area contributed by atoms with Crippen molar-refractivity contribution >= 4 is 5.91 Å². The van der Waals surface area contributed by atoms with Gasteiger partial charge >= 0.3 is 0 Å². The van der Waals surface area contributed by atoms with E-state index in [1.807, 2.05) is 54.6 Å². The molecule has 3 heteroatoms. The first-order chi connectivity index (χ1) is 12.1. The zero-order valence-electron chi connectivity index (χ0n) is 14.5. The highest BCUT2D eigenvalue weighted by Crippen LogP contribution is 2.22. The maximum absolute atomic E-state index is 11.9. The minimum absolute atomic E-state index is 0.00368. The summed E-state index contributed by atoms with van der Waals surface area (Å²) < 4.78 is 5.84. The monoisotopic (exact) mass is 331 g/mol. The fraction of sp³-hybridized carbons (Fsp3) is 0.136. The summed E-state index contributed by atoms with van der Waals surface area (Å²) in [6, 6.07) is 25.8.